The van der Waals surface area contributed by atoms with E-state index >= 15 is 0 Å². The van der Waals surface area contributed by atoms with Gasteiger partial charge in [-0.2, -0.15) is 8.42 Å². The SMILES string of the molecule is O=C(CCCc1ccccc1C(=O)O)C1=NS(=O)(=O)c2ccccc2N1. The van der Waals surface area contributed by atoms with Gasteiger partial charge in [0.2, 0.25) is 0 Å². The number of aromatic carboxylic acids is 1. The summed E-state index contributed by atoms with van der Waals surface area (Å²) >= 11 is 0. The molecule has 8 heteroatoms. The molecule has 2 aromatic carbocycles. The van der Waals surface area contributed by atoms with Crippen LogP contribution in [-0.4, -0.2) is 31.1 Å². The Morgan fingerprint density at radius 3 is 2.50 bits per heavy atom. The Bertz CT molecular complexity index is 1010. The van der Waals surface area contributed by atoms with Crippen LogP contribution < -0.4 is 5.32 Å². The van der Waals surface area contributed by atoms with Crippen molar-refractivity contribution < 1.29 is 23.1 Å². The summed E-state index contributed by atoms with van der Waals surface area (Å²) in [6.07, 6.45) is 0.827. The van der Waals surface area contributed by atoms with E-state index in [0.717, 1.165) is 0 Å². The highest BCUT2D eigenvalue weighted by Gasteiger charge is 2.27. The Hall–Kier alpha value is -3.00. The smallest absolute Gasteiger partial charge is 0.335 e. The first-order valence-electron chi connectivity index (χ1n) is 7.94. The number of rotatable bonds is 6. The van der Waals surface area contributed by atoms with E-state index < -0.39 is 21.8 Å². The molecule has 26 heavy (non-hydrogen) atoms. The number of hydrogen-bond donors (Lipinski definition) is 2. The van der Waals surface area contributed by atoms with Crippen LogP contribution in [0.2, 0.25) is 0 Å². The number of para-hydroxylation sites is 1. The van der Waals surface area contributed by atoms with Crippen molar-refractivity contribution in [2.75, 3.05) is 5.32 Å². The zero-order valence-electron chi connectivity index (χ0n) is 13.7. The number of fused-ring (bicyclic) bond motifs is 1. The summed E-state index contributed by atoms with van der Waals surface area (Å²) in [5.74, 6) is -1.67. The number of benzene rings is 2. The fourth-order valence-corrected chi connectivity index (χ4v) is 3.87. The van der Waals surface area contributed by atoms with Crippen LogP contribution in [0.5, 0.6) is 0 Å². The molecule has 0 aliphatic carbocycles. The molecule has 1 aliphatic rings. The number of hydrogen-bond acceptors (Lipinski definition) is 5. The topological polar surface area (TPSA) is 113 Å². The van der Waals surface area contributed by atoms with E-state index in [9.17, 15) is 18.0 Å². The van der Waals surface area contributed by atoms with Crippen LogP contribution in [0.25, 0.3) is 0 Å². The first-order chi connectivity index (χ1) is 12.4. The number of carboxylic acid groups (broad SMARTS) is 1. The van der Waals surface area contributed by atoms with Gasteiger partial charge in [0.05, 0.1) is 11.3 Å². The van der Waals surface area contributed by atoms with Gasteiger partial charge in [0.1, 0.15) is 4.90 Å². The normalized spacial score (nSPS) is 14.7. The van der Waals surface area contributed by atoms with E-state index in [1.807, 2.05) is 0 Å². The number of nitrogens with zero attached hydrogens (tertiary/aromatic N) is 1. The molecule has 0 fully saturated rings. The predicted molar refractivity (Wildman–Crippen MR) is 96.0 cm³/mol. The number of carbonyl (C=O) groups is 2. The lowest BCUT2D eigenvalue weighted by Gasteiger charge is -2.17. The number of sulfonamides is 1. The molecule has 2 aromatic rings. The van der Waals surface area contributed by atoms with E-state index in [0.29, 0.717) is 24.1 Å². The molecule has 2 N–H and O–H groups in total. The van der Waals surface area contributed by atoms with Crippen LogP contribution in [0.15, 0.2) is 57.8 Å². The van der Waals surface area contributed by atoms with Crippen LogP contribution in [0.1, 0.15) is 28.8 Å². The summed E-state index contributed by atoms with van der Waals surface area (Å²) in [5.41, 5.74) is 1.15. The van der Waals surface area contributed by atoms with Crippen molar-refractivity contribution in [2.45, 2.75) is 24.2 Å². The summed E-state index contributed by atoms with van der Waals surface area (Å²) in [5, 5.41) is 11.9. The Balaban J connectivity index is 1.69. The van der Waals surface area contributed by atoms with Gasteiger partial charge in [-0.25, -0.2) is 4.79 Å². The first kappa shape index (κ1) is 17.8. The minimum atomic E-state index is -3.90. The van der Waals surface area contributed by atoms with Crippen LogP contribution >= 0.6 is 0 Å². The van der Waals surface area contributed by atoms with Crippen LogP contribution in [0, 0.1) is 0 Å². The second-order valence-corrected chi connectivity index (χ2v) is 7.35. The second kappa shape index (κ2) is 7.09. The molecule has 3 rings (SSSR count). The van der Waals surface area contributed by atoms with Gasteiger partial charge < -0.3 is 10.4 Å². The number of Topliss-reactive ketones (excluding diaryl/α,β-unsaturated/α-hetero) is 1. The largest absolute Gasteiger partial charge is 0.478 e. The maximum absolute atomic E-state index is 12.3. The molecule has 134 valence electrons. The molecule has 0 saturated heterocycles. The monoisotopic (exact) mass is 372 g/mol. The summed E-state index contributed by atoms with van der Waals surface area (Å²) in [7, 11) is -3.90. The van der Waals surface area contributed by atoms with Gasteiger partial charge in [0.25, 0.3) is 10.0 Å². The van der Waals surface area contributed by atoms with Crippen molar-refractivity contribution in [1.29, 1.82) is 0 Å². The minimum Gasteiger partial charge on any atom is -0.478 e. The van der Waals surface area contributed by atoms with Crippen molar-refractivity contribution in [3.05, 3.63) is 59.7 Å². The van der Waals surface area contributed by atoms with Crippen LogP contribution in [-0.2, 0) is 21.2 Å². The molecule has 0 atom stereocenters. The number of nitrogens with one attached hydrogen (secondary N) is 1. The van der Waals surface area contributed by atoms with Crippen LogP contribution in [0.4, 0.5) is 5.69 Å². The molecule has 0 spiro atoms. The number of carbonyl (C=O) groups excluding carboxylic acids is 1. The van der Waals surface area contributed by atoms with Crippen molar-refractivity contribution in [3.63, 3.8) is 0 Å². The van der Waals surface area contributed by atoms with E-state index in [1.165, 1.54) is 12.1 Å². The molecule has 0 unspecified atom stereocenters. The molecular formula is C18H16N2O5S. The van der Waals surface area contributed by atoms with E-state index in [1.54, 1.807) is 36.4 Å². The van der Waals surface area contributed by atoms with E-state index in [4.69, 9.17) is 5.11 Å². The number of carboxylic acids is 1. The molecule has 0 aromatic heterocycles. The molecule has 7 nitrogen and oxygen atoms in total. The summed E-state index contributed by atoms with van der Waals surface area (Å²) in [6, 6.07) is 12.8. The van der Waals surface area contributed by atoms with Crippen molar-refractivity contribution >= 4 is 33.3 Å². The number of ketones is 1. The average molecular weight is 372 g/mol. The molecule has 1 aliphatic heterocycles. The third-order valence-electron chi connectivity index (χ3n) is 3.99. The van der Waals surface area contributed by atoms with Crippen molar-refractivity contribution in [2.24, 2.45) is 4.40 Å². The summed E-state index contributed by atoms with van der Waals surface area (Å²) in [4.78, 5) is 23.6. The molecule has 1 heterocycles. The maximum Gasteiger partial charge on any atom is 0.335 e. The van der Waals surface area contributed by atoms with Crippen LogP contribution in [0.3, 0.4) is 0 Å². The van der Waals surface area contributed by atoms with Gasteiger partial charge in [-0.1, -0.05) is 30.3 Å². The number of aryl methyl sites for hydroxylation is 1. The van der Waals surface area contributed by atoms with E-state index in [-0.39, 0.29) is 22.7 Å². The fraction of sp³-hybridized carbons (Fsp3) is 0.167. The lowest BCUT2D eigenvalue weighted by molar-refractivity contribution is -0.113. The highest BCUT2D eigenvalue weighted by molar-refractivity contribution is 7.90. The summed E-state index contributed by atoms with van der Waals surface area (Å²) < 4.78 is 27.9. The Labute approximate surface area is 150 Å². The number of anilines is 1. The lowest BCUT2D eigenvalue weighted by Crippen LogP contribution is -2.28. The zero-order chi connectivity index (χ0) is 18.7. The average Bonchev–Trinajstić information content (AvgIpc) is 2.61. The molecular weight excluding hydrogens is 356 g/mol. The second-order valence-electron chi connectivity index (χ2n) is 5.78. The minimum absolute atomic E-state index is 0.0342. The molecule has 0 amide bonds. The fourth-order valence-electron chi connectivity index (χ4n) is 2.74. The Morgan fingerprint density at radius 1 is 1.04 bits per heavy atom. The Kier molecular flexibility index (Phi) is 4.85. The third-order valence-corrected chi connectivity index (χ3v) is 5.33. The molecule has 0 radical (unpaired) electrons. The van der Waals surface area contributed by atoms with Gasteiger partial charge >= 0.3 is 5.97 Å². The highest BCUT2D eigenvalue weighted by Crippen LogP contribution is 2.27. The Morgan fingerprint density at radius 2 is 1.73 bits per heavy atom. The zero-order valence-corrected chi connectivity index (χ0v) is 14.5. The van der Waals surface area contributed by atoms with E-state index in [2.05, 4.69) is 9.71 Å². The van der Waals surface area contributed by atoms with Gasteiger partial charge in [0, 0.05) is 6.42 Å². The van der Waals surface area contributed by atoms with Gasteiger partial charge in [-0.3, -0.25) is 4.79 Å². The van der Waals surface area contributed by atoms with Gasteiger partial charge in [0.15, 0.2) is 11.6 Å². The third kappa shape index (κ3) is 3.65. The first-order valence-corrected chi connectivity index (χ1v) is 9.38. The van der Waals surface area contributed by atoms with Gasteiger partial charge in [-0.15, -0.1) is 4.40 Å². The standard InChI is InChI=1S/C18H16N2O5S/c21-15(10-5-7-12-6-1-2-8-13(12)18(22)23)17-19-14-9-3-4-11-16(14)26(24,25)20-17/h1-4,6,8-9,11H,5,7,10H2,(H,19,20)(H,22,23). The van der Waals surface area contributed by atoms with Crippen molar-refractivity contribution in [3.8, 4) is 0 Å². The predicted octanol–water partition coefficient (Wildman–Crippen LogP) is 2.49. The maximum atomic E-state index is 12.3. The van der Waals surface area contributed by atoms with Crippen molar-refractivity contribution in [1.82, 2.24) is 0 Å². The highest BCUT2D eigenvalue weighted by atomic mass is 32.2. The lowest BCUT2D eigenvalue weighted by atomic mass is 10.0. The molecule has 0 bridgehead atoms. The summed E-state index contributed by atoms with van der Waals surface area (Å²) in [6.45, 7) is 0. The molecule has 0 saturated carbocycles. The van der Waals surface area contributed by atoms with Gasteiger partial charge in [-0.05, 0) is 36.6 Å². The quantitative estimate of drug-likeness (QED) is 0.805. The number of amidine groups is 1.